The molecule has 2 N–H and O–H groups in total. The van der Waals surface area contributed by atoms with E-state index in [-0.39, 0.29) is 12.5 Å². The standard InChI is InChI=1S/C16H15N3O3/c20-14(18-12-5-2-1-3-6-12)11-19-9-8-17-16(19)15(21)13-7-4-10-22-13/h1-10,15,21H,11H2,(H,18,20). The SMILES string of the molecule is O=C(Cn1ccnc1C(O)c1ccco1)Nc1ccccc1. The monoisotopic (exact) mass is 297 g/mol. The van der Waals surface area contributed by atoms with Crippen LogP contribution in [0.2, 0.25) is 0 Å². The predicted molar refractivity (Wildman–Crippen MR) is 80.1 cm³/mol. The molecule has 0 aliphatic carbocycles. The largest absolute Gasteiger partial charge is 0.466 e. The number of aliphatic hydroxyl groups excluding tert-OH is 1. The first-order valence-electron chi connectivity index (χ1n) is 6.81. The summed E-state index contributed by atoms with van der Waals surface area (Å²) in [4.78, 5) is 16.2. The van der Waals surface area contributed by atoms with Gasteiger partial charge in [-0.1, -0.05) is 18.2 Å². The molecule has 6 heteroatoms. The van der Waals surface area contributed by atoms with E-state index >= 15 is 0 Å². The van der Waals surface area contributed by atoms with Gasteiger partial charge in [-0.05, 0) is 24.3 Å². The normalized spacial score (nSPS) is 12.0. The molecule has 1 amide bonds. The Kier molecular flexibility index (Phi) is 4.02. The number of carbonyl (C=O) groups is 1. The molecule has 112 valence electrons. The summed E-state index contributed by atoms with van der Waals surface area (Å²) >= 11 is 0. The molecule has 0 spiro atoms. The summed E-state index contributed by atoms with van der Waals surface area (Å²) in [5.41, 5.74) is 0.723. The molecule has 3 aromatic rings. The summed E-state index contributed by atoms with van der Waals surface area (Å²) in [5.74, 6) is 0.547. The number of amides is 1. The Bertz CT molecular complexity index is 735. The number of imidazole rings is 1. The first kappa shape index (κ1) is 14.1. The van der Waals surface area contributed by atoms with Crippen molar-refractivity contribution in [2.75, 3.05) is 5.32 Å². The average Bonchev–Trinajstić information content (AvgIpc) is 3.19. The van der Waals surface area contributed by atoms with Crippen LogP contribution in [0.25, 0.3) is 0 Å². The number of para-hydroxylation sites is 1. The number of hydrogen-bond donors (Lipinski definition) is 2. The fraction of sp³-hybridized carbons (Fsp3) is 0.125. The molecule has 1 unspecified atom stereocenters. The zero-order chi connectivity index (χ0) is 15.4. The molecule has 1 aromatic carbocycles. The van der Waals surface area contributed by atoms with Crippen LogP contribution in [0.1, 0.15) is 17.7 Å². The van der Waals surface area contributed by atoms with Crippen molar-refractivity contribution in [1.82, 2.24) is 9.55 Å². The van der Waals surface area contributed by atoms with Crippen LogP contribution in [0, 0.1) is 0 Å². The number of furan rings is 1. The van der Waals surface area contributed by atoms with Crippen LogP contribution >= 0.6 is 0 Å². The molecule has 2 aromatic heterocycles. The molecule has 0 fully saturated rings. The topological polar surface area (TPSA) is 80.3 Å². The van der Waals surface area contributed by atoms with E-state index < -0.39 is 6.10 Å². The summed E-state index contributed by atoms with van der Waals surface area (Å²) in [7, 11) is 0. The van der Waals surface area contributed by atoms with E-state index in [1.54, 1.807) is 22.9 Å². The van der Waals surface area contributed by atoms with Crippen molar-refractivity contribution in [2.24, 2.45) is 0 Å². The van der Waals surface area contributed by atoms with Crippen molar-refractivity contribution in [2.45, 2.75) is 12.6 Å². The third-order valence-corrected chi connectivity index (χ3v) is 3.18. The van der Waals surface area contributed by atoms with Gasteiger partial charge < -0.3 is 19.4 Å². The molecular formula is C16H15N3O3. The quantitative estimate of drug-likeness (QED) is 0.756. The van der Waals surface area contributed by atoms with Gasteiger partial charge in [0.25, 0.3) is 0 Å². The Morgan fingerprint density at radius 2 is 2.09 bits per heavy atom. The Balaban J connectivity index is 1.71. The highest BCUT2D eigenvalue weighted by atomic mass is 16.4. The predicted octanol–water partition coefficient (Wildman–Crippen LogP) is 2.20. The summed E-state index contributed by atoms with van der Waals surface area (Å²) in [6, 6.07) is 12.5. The number of aromatic nitrogens is 2. The third-order valence-electron chi connectivity index (χ3n) is 3.18. The Hall–Kier alpha value is -2.86. The fourth-order valence-electron chi connectivity index (χ4n) is 2.15. The van der Waals surface area contributed by atoms with Gasteiger partial charge in [-0.15, -0.1) is 0 Å². The van der Waals surface area contributed by atoms with Gasteiger partial charge in [0.1, 0.15) is 18.1 Å². The highest BCUT2D eigenvalue weighted by Gasteiger charge is 2.19. The van der Waals surface area contributed by atoms with Gasteiger partial charge in [0, 0.05) is 18.1 Å². The molecule has 0 bridgehead atoms. The molecule has 0 aliphatic heterocycles. The molecular weight excluding hydrogens is 282 g/mol. The van der Waals surface area contributed by atoms with Crippen LogP contribution in [0.15, 0.2) is 65.5 Å². The van der Waals surface area contributed by atoms with Crippen molar-refractivity contribution in [1.29, 1.82) is 0 Å². The van der Waals surface area contributed by atoms with Gasteiger partial charge in [-0.3, -0.25) is 4.79 Å². The highest BCUT2D eigenvalue weighted by Crippen LogP contribution is 2.20. The lowest BCUT2D eigenvalue weighted by molar-refractivity contribution is -0.116. The van der Waals surface area contributed by atoms with Gasteiger partial charge in [-0.25, -0.2) is 4.98 Å². The van der Waals surface area contributed by atoms with Crippen LogP contribution in [0.5, 0.6) is 0 Å². The van der Waals surface area contributed by atoms with E-state index in [0.717, 1.165) is 5.69 Å². The first-order valence-corrected chi connectivity index (χ1v) is 6.81. The number of benzene rings is 1. The van der Waals surface area contributed by atoms with Crippen LogP contribution < -0.4 is 5.32 Å². The molecule has 3 rings (SSSR count). The minimum Gasteiger partial charge on any atom is -0.466 e. The lowest BCUT2D eigenvalue weighted by Gasteiger charge is -2.11. The van der Waals surface area contributed by atoms with E-state index in [1.807, 2.05) is 30.3 Å². The zero-order valence-electron chi connectivity index (χ0n) is 11.7. The molecule has 22 heavy (non-hydrogen) atoms. The van der Waals surface area contributed by atoms with Crippen LogP contribution in [0.4, 0.5) is 5.69 Å². The highest BCUT2D eigenvalue weighted by molar-refractivity contribution is 5.90. The molecule has 0 saturated carbocycles. The number of rotatable bonds is 5. The van der Waals surface area contributed by atoms with Crippen LogP contribution in [-0.2, 0) is 11.3 Å². The second-order valence-electron chi connectivity index (χ2n) is 4.75. The van der Waals surface area contributed by atoms with E-state index in [0.29, 0.717) is 11.6 Å². The minimum absolute atomic E-state index is 0.0575. The molecule has 0 radical (unpaired) electrons. The third kappa shape index (κ3) is 3.07. The number of aliphatic hydroxyl groups is 1. The van der Waals surface area contributed by atoms with Gasteiger partial charge in [0.05, 0.1) is 6.26 Å². The van der Waals surface area contributed by atoms with Crippen molar-refractivity contribution in [3.63, 3.8) is 0 Å². The maximum Gasteiger partial charge on any atom is 0.244 e. The smallest absolute Gasteiger partial charge is 0.244 e. The summed E-state index contributed by atoms with van der Waals surface area (Å²) in [6.45, 7) is 0.0575. The minimum atomic E-state index is -1.01. The Morgan fingerprint density at radius 3 is 2.82 bits per heavy atom. The average molecular weight is 297 g/mol. The number of carbonyl (C=O) groups excluding carboxylic acids is 1. The number of anilines is 1. The maximum atomic E-state index is 12.1. The number of nitrogens with zero attached hydrogens (tertiary/aromatic N) is 2. The molecule has 0 saturated heterocycles. The van der Waals surface area contributed by atoms with Crippen LogP contribution in [-0.4, -0.2) is 20.6 Å². The van der Waals surface area contributed by atoms with Crippen molar-refractivity contribution in [3.05, 3.63) is 72.7 Å². The molecule has 6 nitrogen and oxygen atoms in total. The number of hydrogen-bond acceptors (Lipinski definition) is 4. The summed E-state index contributed by atoms with van der Waals surface area (Å²) < 4.78 is 6.76. The lowest BCUT2D eigenvalue weighted by Crippen LogP contribution is -2.21. The van der Waals surface area contributed by atoms with E-state index in [1.165, 1.54) is 12.5 Å². The first-order chi connectivity index (χ1) is 10.7. The van der Waals surface area contributed by atoms with E-state index in [4.69, 9.17) is 4.42 Å². The van der Waals surface area contributed by atoms with Gasteiger partial charge in [-0.2, -0.15) is 0 Å². The maximum absolute atomic E-state index is 12.1. The lowest BCUT2D eigenvalue weighted by atomic mass is 10.2. The Labute approximate surface area is 127 Å². The summed E-state index contributed by atoms with van der Waals surface area (Å²) in [5, 5.41) is 13.0. The van der Waals surface area contributed by atoms with Gasteiger partial charge in [0.15, 0.2) is 6.10 Å². The van der Waals surface area contributed by atoms with Crippen molar-refractivity contribution < 1.29 is 14.3 Å². The molecule has 0 aliphatic rings. The van der Waals surface area contributed by atoms with Gasteiger partial charge in [0.2, 0.25) is 5.91 Å². The molecule has 1 atom stereocenters. The van der Waals surface area contributed by atoms with Crippen LogP contribution in [0.3, 0.4) is 0 Å². The van der Waals surface area contributed by atoms with Crippen molar-refractivity contribution in [3.8, 4) is 0 Å². The van der Waals surface area contributed by atoms with Crippen molar-refractivity contribution >= 4 is 11.6 Å². The van der Waals surface area contributed by atoms with E-state index in [2.05, 4.69) is 10.3 Å². The fourth-order valence-corrected chi connectivity index (χ4v) is 2.15. The summed E-state index contributed by atoms with van der Waals surface area (Å²) in [6.07, 6.45) is 3.66. The zero-order valence-corrected chi connectivity index (χ0v) is 11.7. The van der Waals surface area contributed by atoms with Gasteiger partial charge >= 0.3 is 0 Å². The number of nitrogens with one attached hydrogen (secondary N) is 1. The Morgan fingerprint density at radius 1 is 1.27 bits per heavy atom. The van der Waals surface area contributed by atoms with E-state index in [9.17, 15) is 9.90 Å². The second-order valence-corrected chi connectivity index (χ2v) is 4.75. The molecule has 2 heterocycles. The second kappa shape index (κ2) is 6.28.